The Morgan fingerprint density at radius 1 is 1.48 bits per heavy atom. The van der Waals surface area contributed by atoms with E-state index in [1.807, 2.05) is 13.0 Å². The van der Waals surface area contributed by atoms with Gasteiger partial charge in [0.05, 0.1) is 12.1 Å². The molecule has 2 atom stereocenters. The standard InChI is InChI=1S/C19H28N4O4S2/c1-13(20)28-11-10-19(2,21)14-6-5-7-15(12-14)22-29(25,26)17-9-8-16(23(17)3)18(24)27-4/h5-8,12,17,22H,1,9-11,20-21H2,2-4H3. The fourth-order valence-corrected chi connectivity index (χ4v) is 5.30. The van der Waals surface area contributed by atoms with Crippen molar-refractivity contribution in [3.8, 4) is 0 Å². The van der Waals surface area contributed by atoms with E-state index in [0.29, 0.717) is 22.9 Å². The number of hydrogen-bond acceptors (Lipinski definition) is 8. The normalized spacial score (nSPS) is 18.7. The second kappa shape index (κ2) is 9.10. The zero-order chi connectivity index (χ0) is 21.8. The summed E-state index contributed by atoms with van der Waals surface area (Å²) in [5, 5.41) is -0.376. The number of carbonyl (C=O) groups is 1. The van der Waals surface area contributed by atoms with Crippen LogP contribution in [0.1, 0.15) is 25.3 Å². The van der Waals surface area contributed by atoms with Crippen LogP contribution in [-0.2, 0) is 25.1 Å². The molecule has 2 rings (SSSR count). The first-order valence-corrected chi connectivity index (χ1v) is 11.5. The molecule has 10 heteroatoms. The van der Waals surface area contributed by atoms with Crippen LogP contribution in [0.5, 0.6) is 0 Å². The third kappa shape index (κ3) is 5.68. The molecule has 160 valence electrons. The van der Waals surface area contributed by atoms with Crippen LogP contribution in [0.2, 0.25) is 0 Å². The quantitative estimate of drug-likeness (QED) is 0.497. The highest BCUT2D eigenvalue weighted by Gasteiger charge is 2.37. The molecule has 1 aromatic rings. The number of nitrogens with one attached hydrogen (secondary N) is 1. The Kier molecular flexibility index (Phi) is 7.25. The number of sulfonamides is 1. The number of anilines is 1. The van der Waals surface area contributed by atoms with Gasteiger partial charge >= 0.3 is 5.97 Å². The first-order chi connectivity index (χ1) is 13.5. The average molecular weight is 441 g/mol. The minimum atomic E-state index is -3.78. The molecule has 5 N–H and O–H groups in total. The molecule has 0 spiro atoms. The minimum absolute atomic E-state index is 0.185. The number of esters is 1. The molecule has 2 unspecified atom stereocenters. The SMILES string of the molecule is C=C(N)SCCC(C)(N)c1cccc(NS(=O)(=O)C2CC=C(C(=O)OC)N2C)c1. The van der Waals surface area contributed by atoms with Crippen LogP contribution in [0.3, 0.4) is 0 Å². The summed E-state index contributed by atoms with van der Waals surface area (Å²) >= 11 is 1.43. The minimum Gasteiger partial charge on any atom is -0.464 e. The van der Waals surface area contributed by atoms with E-state index < -0.39 is 26.9 Å². The van der Waals surface area contributed by atoms with E-state index in [9.17, 15) is 13.2 Å². The van der Waals surface area contributed by atoms with Gasteiger partial charge in [-0.3, -0.25) is 4.72 Å². The Hall–Kier alpha value is -2.17. The van der Waals surface area contributed by atoms with Gasteiger partial charge in [-0.05, 0) is 31.0 Å². The van der Waals surface area contributed by atoms with E-state index in [-0.39, 0.29) is 12.1 Å². The summed E-state index contributed by atoms with van der Waals surface area (Å²) < 4.78 is 33.1. The summed E-state index contributed by atoms with van der Waals surface area (Å²) in [7, 11) is -0.975. The fraction of sp³-hybridized carbons (Fsp3) is 0.421. The number of carbonyl (C=O) groups excluding carboxylic acids is 1. The summed E-state index contributed by atoms with van der Waals surface area (Å²) in [4.78, 5) is 13.2. The van der Waals surface area contributed by atoms with Crippen molar-refractivity contribution in [2.24, 2.45) is 11.5 Å². The number of nitrogens with zero attached hydrogens (tertiary/aromatic N) is 1. The van der Waals surface area contributed by atoms with Gasteiger partial charge in [-0.2, -0.15) is 0 Å². The second-order valence-corrected chi connectivity index (χ2v) is 10.2. The van der Waals surface area contributed by atoms with Crippen LogP contribution in [0.25, 0.3) is 0 Å². The van der Waals surface area contributed by atoms with E-state index in [1.165, 1.54) is 23.8 Å². The van der Waals surface area contributed by atoms with E-state index in [4.69, 9.17) is 16.2 Å². The highest BCUT2D eigenvalue weighted by molar-refractivity contribution is 8.02. The lowest BCUT2D eigenvalue weighted by molar-refractivity contribution is -0.137. The van der Waals surface area contributed by atoms with E-state index in [1.54, 1.807) is 31.3 Å². The van der Waals surface area contributed by atoms with Gasteiger partial charge in [0.15, 0.2) is 5.37 Å². The monoisotopic (exact) mass is 440 g/mol. The number of methoxy groups -OCH3 is 1. The van der Waals surface area contributed by atoms with E-state index in [0.717, 1.165) is 5.56 Å². The summed E-state index contributed by atoms with van der Waals surface area (Å²) in [6.07, 6.45) is 2.39. The van der Waals surface area contributed by atoms with Crippen molar-refractivity contribution in [3.63, 3.8) is 0 Å². The van der Waals surface area contributed by atoms with Crippen molar-refractivity contribution in [1.82, 2.24) is 4.90 Å². The topological polar surface area (TPSA) is 128 Å². The Bertz CT molecular complexity index is 913. The van der Waals surface area contributed by atoms with Crippen LogP contribution >= 0.6 is 11.8 Å². The molecular weight excluding hydrogens is 412 g/mol. The first-order valence-electron chi connectivity index (χ1n) is 8.97. The maximum absolute atomic E-state index is 12.9. The maximum Gasteiger partial charge on any atom is 0.354 e. The molecular formula is C19H28N4O4S2. The predicted octanol–water partition coefficient (Wildman–Crippen LogP) is 1.87. The van der Waals surface area contributed by atoms with Crippen molar-refractivity contribution < 1.29 is 17.9 Å². The Labute approximate surface area is 176 Å². The molecule has 0 aliphatic carbocycles. The van der Waals surface area contributed by atoms with Gasteiger partial charge in [-0.1, -0.05) is 24.8 Å². The summed E-state index contributed by atoms with van der Waals surface area (Å²) in [6.45, 7) is 5.54. The molecule has 0 aromatic heterocycles. The molecule has 1 aromatic carbocycles. The van der Waals surface area contributed by atoms with Crippen LogP contribution in [0.15, 0.2) is 47.6 Å². The average Bonchev–Trinajstić information content (AvgIpc) is 3.03. The van der Waals surface area contributed by atoms with Crippen molar-refractivity contribution in [1.29, 1.82) is 0 Å². The lowest BCUT2D eigenvalue weighted by Crippen LogP contribution is -2.39. The van der Waals surface area contributed by atoms with Crippen LogP contribution < -0.4 is 16.2 Å². The molecule has 1 aliphatic heterocycles. The molecule has 0 radical (unpaired) electrons. The number of ether oxygens (including phenoxy) is 1. The largest absolute Gasteiger partial charge is 0.464 e. The highest BCUT2D eigenvalue weighted by atomic mass is 32.2. The summed E-state index contributed by atoms with van der Waals surface area (Å²) in [5.74, 6) is 0.136. The number of nitrogens with two attached hydrogens (primary N) is 2. The van der Waals surface area contributed by atoms with Crippen LogP contribution in [-0.4, -0.2) is 44.6 Å². The number of likely N-dealkylation sites (N-methyl/N-ethyl adjacent to an activating group) is 1. The third-order valence-corrected chi connectivity index (χ3v) is 7.29. The second-order valence-electron chi connectivity index (χ2n) is 7.09. The first kappa shape index (κ1) is 23.1. The maximum atomic E-state index is 12.9. The highest BCUT2D eigenvalue weighted by Crippen LogP contribution is 2.29. The van der Waals surface area contributed by atoms with Crippen molar-refractivity contribution >= 4 is 33.4 Å². The lowest BCUT2D eigenvalue weighted by Gasteiger charge is -2.27. The zero-order valence-corrected chi connectivity index (χ0v) is 18.5. The van der Waals surface area contributed by atoms with Crippen molar-refractivity contribution in [2.75, 3.05) is 24.6 Å². The Morgan fingerprint density at radius 3 is 2.79 bits per heavy atom. The van der Waals surface area contributed by atoms with Gasteiger partial charge in [0.25, 0.3) is 10.0 Å². The van der Waals surface area contributed by atoms with Crippen molar-refractivity contribution in [3.05, 3.63) is 53.2 Å². The Morgan fingerprint density at radius 2 is 2.17 bits per heavy atom. The molecule has 0 amide bonds. The van der Waals surface area contributed by atoms with E-state index >= 15 is 0 Å². The van der Waals surface area contributed by atoms with Crippen LogP contribution in [0, 0.1) is 0 Å². The smallest absolute Gasteiger partial charge is 0.354 e. The number of hydrogen-bond donors (Lipinski definition) is 3. The van der Waals surface area contributed by atoms with Gasteiger partial charge in [-0.25, -0.2) is 13.2 Å². The van der Waals surface area contributed by atoms with Crippen molar-refractivity contribution in [2.45, 2.75) is 30.7 Å². The van der Waals surface area contributed by atoms with Gasteiger partial charge in [-0.15, -0.1) is 11.8 Å². The molecule has 0 bridgehead atoms. The number of rotatable bonds is 9. The zero-order valence-electron chi connectivity index (χ0n) is 16.8. The fourth-order valence-electron chi connectivity index (χ4n) is 3.05. The summed E-state index contributed by atoms with van der Waals surface area (Å²) in [6, 6.07) is 7.00. The molecule has 29 heavy (non-hydrogen) atoms. The number of benzene rings is 1. The van der Waals surface area contributed by atoms with Gasteiger partial charge in [0, 0.05) is 30.4 Å². The Balaban J connectivity index is 2.13. The van der Waals surface area contributed by atoms with Crippen LogP contribution in [0.4, 0.5) is 5.69 Å². The predicted molar refractivity (Wildman–Crippen MR) is 117 cm³/mol. The molecule has 1 aliphatic rings. The lowest BCUT2D eigenvalue weighted by atomic mass is 9.90. The molecule has 0 saturated carbocycles. The molecule has 1 heterocycles. The van der Waals surface area contributed by atoms with Gasteiger partial charge < -0.3 is 21.1 Å². The molecule has 0 fully saturated rings. The molecule has 8 nitrogen and oxygen atoms in total. The van der Waals surface area contributed by atoms with E-state index in [2.05, 4.69) is 11.3 Å². The number of thioether (sulfide) groups is 1. The van der Waals surface area contributed by atoms with Gasteiger partial charge in [0.1, 0.15) is 5.70 Å². The van der Waals surface area contributed by atoms with Gasteiger partial charge in [0.2, 0.25) is 0 Å². The third-order valence-electron chi connectivity index (χ3n) is 4.77. The molecule has 0 saturated heterocycles. The summed E-state index contributed by atoms with van der Waals surface area (Å²) in [5.41, 5.74) is 12.8.